The zero-order chi connectivity index (χ0) is 15.9. The van der Waals surface area contributed by atoms with Crippen molar-refractivity contribution in [3.8, 4) is 0 Å². The van der Waals surface area contributed by atoms with Gasteiger partial charge in [0.1, 0.15) is 6.04 Å². The largest absolute Gasteiger partial charge is 0.465 e. The maximum Gasteiger partial charge on any atom is 0.323 e. The summed E-state index contributed by atoms with van der Waals surface area (Å²) >= 11 is 0. The first kappa shape index (κ1) is 19.5. The van der Waals surface area contributed by atoms with Crippen LogP contribution in [0.25, 0.3) is 0 Å². The molecule has 0 aliphatic carbocycles. The van der Waals surface area contributed by atoms with Crippen molar-refractivity contribution < 1.29 is 9.53 Å². The van der Waals surface area contributed by atoms with Gasteiger partial charge < -0.3 is 10.1 Å². The fraction of sp³-hybridized carbons (Fsp3) is 0.947. The van der Waals surface area contributed by atoms with Crippen LogP contribution < -0.4 is 5.32 Å². The Hall–Kier alpha value is -0.570. The Labute approximate surface area is 137 Å². The second-order valence-electron chi connectivity index (χ2n) is 6.71. The first-order valence-electron chi connectivity index (χ1n) is 9.74. The van der Waals surface area contributed by atoms with Crippen LogP contribution in [0.3, 0.4) is 0 Å². The molecule has 3 heteroatoms. The van der Waals surface area contributed by atoms with Crippen LogP contribution in [0.1, 0.15) is 96.8 Å². The summed E-state index contributed by atoms with van der Waals surface area (Å²) in [6.07, 6.45) is 18.1. The van der Waals surface area contributed by atoms with Crippen LogP contribution >= 0.6 is 0 Å². The van der Waals surface area contributed by atoms with Crippen LogP contribution in [0.4, 0.5) is 0 Å². The molecule has 1 saturated heterocycles. The molecule has 0 amide bonds. The van der Waals surface area contributed by atoms with Crippen molar-refractivity contribution in [2.24, 2.45) is 0 Å². The van der Waals surface area contributed by atoms with Gasteiger partial charge in [-0.25, -0.2) is 0 Å². The fourth-order valence-corrected chi connectivity index (χ4v) is 3.10. The van der Waals surface area contributed by atoms with Crippen LogP contribution in [0.2, 0.25) is 0 Å². The molecule has 1 N–H and O–H groups in total. The molecule has 1 atom stereocenters. The summed E-state index contributed by atoms with van der Waals surface area (Å²) in [5, 5.41) is 3.18. The van der Waals surface area contributed by atoms with E-state index in [1.165, 1.54) is 70.6 Å². The van der Waals surface area contributed by atoms with Crippen LogP contribution in [0.15, 0.2) is 0 Å². The van der Waals surface area contributed by atoms with E-state index in [0.29, 0.717) is 6.61 Å². The number of carbonyl (C=O) groups excluding carboxylic acids is 1. The highest BCUT2D eigenvalue weighted by molar-refractivity contribution is 5.76. The highest BCUT2D eigenvalue weighted by Gasteiger charge is 2.22. The second-order valence-corrected chi connectivity index (χ2v) is 6.71. The van der Waals surface area contributed by atoms with Crippen LogP contribution in [-0.4, -0.2) is 25.2 Å². The number of hydrogen-bond donors (Lipinski definition) is 1. The van der Waals surface area contributed by atoms with Gasteiger partial charge in [-0.05, 0) is 25.8 Å². The summed E-state index contributed by atoms with van der Waals surface area (Å²) in [5.74, 6) is -0.0411. The van der Waals surface area contributed by atoms with Gasteiger partial charge in [0.2, 0.25) is 0 Å². The second kappa shape index (κ2) is 14.0. The summed E-state index contributed by atoms with van der Waals surface area (Å²) in [6.45, 7) is 3.83. The average Bonchev–Trinajstić information content (AvgIpc) is 3.06. The van der Waals surface area contributed by atoms with Gasteiger partial charge in [-0.1, -0.05) is 77.6 Å². The lowest BCUT2D eigenvalue weighted by Gasteiger charge is -2.10. The number of esters is 1. The Balaban J connectivity index is 1.73. The van der Waals surface area contributed by atoms with E-state index in [0.717, 1.165) is 25.8 Å². The maximum absolute atomic E-state index is 11.7. The summed E-state index contributed by atoms with van der Waals surface area (Å²) < 4.78 is 5.32. The molecule has 0 radical (unpaired) electrons. The zero-order valence-corrected chi connectivity index (χ0v) is 14.7. The van der Waals surface area contributed by atoms with Crippen molar-refractivity contribution in [3.63, 3.8) is 0 Å². The molecular formula is C19H37NO2. The van der Waals surface area contributed by atoms with Gasteiger partial charge in [-0.2, -0.15) is 0 Å². The third-order valence-electron chi connectivity index (χ3n) is 4.59. The molecule has 1 aliphatic heterocycles. The molecule has 1 rings (SSSR count). The quantitative estimate of drug-likeness (QED) is 0.363. The molecule has 1 fully saturated rings. The maximum atomic E-state index is 11.7. The molecule has 22 heavy (non-hydrogen) atoms. The van der Waals surface area contributed by atoms with Gasteiger partial charge in [0.25, 0.3) is 0 Å². The van der Waals surface area contributed by atoms with E-state index in [4.69, 9.17) is 4.74 Å². The Morgan fingerprint density at radius 2 is 1.45 bits per heavy atom. The van der Waals surface area contributed by atoms with Crippen molar-refractivity contribution in [1.82, 2.24) is 5.32 Å². The molecule has 0 spiro atoms. The van der Waals surface area contributed by atoms with Gasteiger partial charge in [0, 0.05) is 0 Å². The number of ether oxygens (including phenoxy) is 1. The summed E-state index contributed by atoms with van der Waals surface area (Å²) in [6, 6.07) is -0.0303. The van der Waals surface area contributed by atoms with Crippen molar-refractivity contribution >= 4 is 5.97 Å². The third kappa shape index (κ3) is 10.2. The Bertz CT molecular complexity index is 262. The van der Waals surface area contributed by atoms with Crippen molar-refractivity contribution in [2.75, 3.05) is 13.2 Å². The minimum Gasteiger partial charge on any atom is -0.465 e. The molecule has 3 nitrogen and oxygen atoms in total. The van der Waals surface area contributed by atoms with E-state index in [-0.39, 0.29) is 12.0 Å². The molecule has 130 valence electrons. The standard InChI is InChI=1S/C19H37NO2/c1-2-3-4-5-6-7-8-9-10-11-12-13-17-22-19(21)18-15-14-16-20-18/h18,20H,2-17H2,1H3. The van der Waals surface area contributed by atoms with Gasteiger partial charge >= 0.3 is 5.97 Å². The molecule has 0 aromatic heterocycles. The van der Waals surface area contributed by atoms with E-state index >= 15 is 0 Å². The third-order valence-corrected chi connectivity index (χ3v) is 4.59. The lowest BCUT2D eigenvalue weighted by atomic mass is 10.1. The Kier molecular flexibility index (Phi) is 12.4. The molecular weight excluding hydrogens is 274 g/mol. The van der Waals surface area contributed by atoms with E-state index in [2.05, 4.69) is 12.2 Å². The lowest BCUT2D eigenvalue weighted by molar-refractivity contribution is -0.145. The molecule has 0 aromatic rings. The number of rotatable bonds is 14. The molecule has 1 heterocycles. The molecule has 0 saturated carbocycles. The Morgan fingerprint density at radius 1 is 0.909 bits per heavy atom. The van der Waals surface area contributed by atoms with Crippen molar-refractivity contribution in [3.05, 3.63) is 0 Å². The Morgan fingerprint density at radius 3 is 1.95 bits per heavy atom. The summed E-state index contributed by atoms with van der Waals surface area (Å²) in [7, 11) is 0. The smallest absolute Gasteiger partial charge is 0.323 e. The highest BCUT2D eigenvalue weighted by Crippen LogP contribution is 2.12. The molecule has 0 aromatic carbocycles. The zero-order valence-electron chi connectivity index (χ0n) is 14.7. The summed E-state index contributed by atoms with van der Waals surface area (Å²) in [5.41, 5.74) is 0. The van der Waals surface area contributed by atoms with Crippen LogP contribution in [0, 0.1) is 0 Å². The monoisotopic (exact) mass is 311 g/mol. The first-order valence-corrected chi connectivity index (χ1v) is 9.74. The van der Waals surface area contributed by atoms with Gasteiger partial charge in [0.05, 0.1) is 6.61 Å². The predicted molar refractivity (Wildman–Crippen MR) is 93.1 cm³/mol. The fourth-order valence-electron chi connectivity index (χ4n) is 3.10. The van der Waals surface area contributed by atoms with Crippen LogP contribution in [-0.2, 0) is 9.53 Å². The number of unbranched alkanes of at least 4 members (excludes halogenated alkanes) is 11. The van der Waals surface area contributed by atoms with E-state index in [1.807, 2.05) is 0 Å². The van der Waals surface area contributed by atoms with Gasteiger partial charge in [-0.3, -0.25) is 4.79 Å². The van der Waals surface area contributed by atoms with Crippen molar-refractivity contribution in [1.29, 1.82) is 0 Å². The molecule has 0 bridgehead atoms. The minimum absolute atomic E-state index is 0.0303. The van der Waals surface area contributed by atoms with Gasteiger partial charge in [-0.15, -0.1) is 0 Å². The van der Waals surface area contributed by atoms with E-state index in [1.54, 1.807) is 0 Å². The number of carbonyl (C=O) groups is 1. The average molecular weight is 312 g/mol. The molecule has 1 unspecified atom stereocenters. The van der Waals surface area contributed by atoms with Gasteiger partial charge in [0.15, 0.2) is 0 Å². The summed E-state index contributed by atoms with van der Waals surface area (Å²) in [4.78, 5) is 11.7. The molecule has 1 aliphatic rings. The van der Waals surface area contributed by atoms with E-state index < -0.39 is 0 Å². The number of nitrogens with one attached hydrogen (secondary N) is 1. The van der Waals surface area contributed by atoms with Crippen molar-refractivity contribution in [2.45, 2.75) is 103 Å². The van der Waals surface area contributed by atoms with E-state index in [9.17, 15) is 4.79 Å². The topological polar surface area (TPSA) is 38.3 Å². The minimum atomic E-state index is -0.0411. The lowest BCUT2D eigenvalue weighted by Crippen LogP contribution is -2.32. The first-order chi connectivity index (χ1) is 10.8. The SMILES string of the molecule is CCCCCCCCCCCCCCOC(=O)C1CCCN1. The predicted octanol–water partition coefficient (Wildman–Crippen LogP) is 4.98. The highest BCUT2D eigenvalue weighted by atomic mass is 16.5. The normalized spacial score (nSPS) is 17.8. The number of hydrogen-bond acceptors (Lipinski definition) is 3. The van der Waals surface area contributed by atoms with Crippen LogP contribution in [0.5, 0.6) is 0 Å².